The Morgan fingerprint density at radius 2 is 2.45 bits per heavy atom. The van der Waals surface area contributed by atoms with Crippen LogP contribution in [0.3, 0.4) is 0 Å². The summed E-state index contributed by atoms with van der Waals surface area (Å²) in [5.74, 6) is -0.466. The maximum absolute atomic E-state index is 12.5. The zero-order valence-electron chi connectivity index (χ0n) is 6.13. The van der Waals surface area contributed by atoms with Crippen molar-refractivity contribution in [1.29, 1.82) is 5.26 Å². The minimum absolute atomic E-state index is 0.286. The van der Waals surface area contributed by atoms with E-state index in [9.17, 15) is 4.39 Å². The summed E-state index contributed by atoms with van der Waals surface area (Å²) < 4.78 is 12.5. The predicted molar refractivity (Wildman–Crippen MR) is 38.2 cm³/mol. The molecule has 0 amide bonds. The lowest BCUT2D eigenvalue weighted by molar-refractivity contribution is 0.573. The monoisotopic (exact) mass is 150 g/mol. The van der Waals surface area contributed by atoms with Crippen LogP contribution >= 0.6 is 0 Å². The quantitative estimate of drug-likeness (QED) is 0.570. The smallest absolute Gasteiger partial charge is 0.215 e. The summed E-state index contributed by atoms with van der Waals surface area (Å²) in [5.41, 5.74) is 1.24. The molecule has 0 spiro atoms. The molecule has 0 saturated carbocycles. The SMILES string of the molecule is Cc1cc(CC#N)cnc1F. The molecule has 3 heteroatoms. The Balaban J connectivity index is 2.98. The third kappa shape index (κ3) is 1.74. The molecule has 0 saturated heterocycles. The van der Waals surface area contributed by atoms with Gasteiger partial charge in [-0.2, -0.15) is 9.65 Å². The second-order valence-corrected chi connectivity index (χ2v) is 2.29. The highest BCUT2D eigenvalue weighted by Gasteiger charge is 1.98. The number of aryl methyl sites for hydroxylation is 1. The molecule has 2 nitrogen and oxygen atoms in total. The van der Waals surface area contributed by atoms with Crippen LogP contribution in [0.15, 0.2) is 12.3 Å². The minimum Gasteiger partial charge on any atom is -0.228 e. The molecule has 1 heterocycles. The van der Waals surface area contributed by atoms with Gasteiger partial charge in [-0.1, -0.05) is 0 Å². The normalized spacial score (nSPS) is 9.18. The number of hydrogen-bond donors (Lipinski definition) is 0. The van der Waals surface area contributed by atoms with Crippen LogP contribution in [0.4, 0.5) is 4.39 Å². The number of nitrogens with zero attached hydrogens (tertiary/aromatic N) is 2. The number of rotatable bonds is 1. The molecule has 0 bridgehead atoms. The van der Waals surface area contributed by atoms with Crippen LogP contribution in [0.5, 0.6) is 0 Å². The van der Waals surface area contributed by atoms with Gasteiger partial charge in [-0.15, -0.1) is 0 Å². The van der Waals surface area contributed by atoms with Gasteiger partial charge in [0.05, 0.1) is 12.5 Å². The molecule has 0 aliphatic carbocycles. The standard InChI is InChI=1S/C8H7FN2/c1-6-4-7(2-3-10)5-11-8(6)9/h4-5H,2H2,1H3. The highest BCUT2D eigenvalue weighted by Crippen LogP contribution is 2.05. The second kappa shape index (κ2) is 3.11. The van der Waals surface area contributed by atoms with Crippen molar-refractivity contribution < 1.29 is 4.39 Å². The first-order chi connectivity index (χ1) is 5.24. The Bertz CT molecular complexity index is 301. The number of hydrogen-bond acceptors (Lipinski definition) is 2. The molecule has 1 rings (SSSR count). The molecule has 0 aromatic carbocycles. The van der Waals surface area contributed by atoms with E-state index >= 15 is 0 Å². The molecule has 0 radical (unpaired) electrons. The average molecular weight is 150 g/mol. The Kier molecular flexibility index (Phi) is 2.17. The van der Waals surface area contributed by atoms with Crippen LogP contribution in [0, 0.1) is 24.2 Å². The molecule has 0 atom stereocenters. The van der Waals surface area contributed by atoms with Gasteiger partial charge in [-0.3, -0.25) is 0 Å². The lowest BCUT2D eigenvalue weighted by atomic mass is 10.2. The topological polar surface area (TPSA) is 36.7 Å². The van der Waals surface area contributed by atoms with Gasteiger partial charge in [0.25, 0.3) is 0 Å². The molecule has 0 aliphatic rings. The molecule has 0 aliphatic heterocycles. The average Bonchev–Trinajstić information content (AvgIpc) is 1.98. The first-order valence-corrected chi connectivity index (χ1v) is 3.22. The number of aromatic nitrogens is 1. The van der Waals surface area contributed by atoms with Crippen LogP contribution in [-0.4, -0.2) is 4.98 Å². The maximum atomic E-state index is 12.5. The Labute approximate surface area is 64.3 Å². The lowest BCUT2D eigenvalue weighted by Gasteiger charge is -1.96. The largest absolute Gasteiger partial charge is 0.228 e. The van der Waals surface area contributed by atoms with E-state index in [1.807, 2.05) is 6.07 Å². The van der Waals surface area contributed by atoms with Crippen molar-refractivity contribution in [3.05, 3.63) is 29.3 Å². The van der Waals surface area contributed by atoms with Crippen molar-refractivity contribution in [3.8, 4) is 6.07 Å². The Morgan fingerprint density at radius 3 is 3.00 bits per heavy atom. The number of pyridine rings is 1. The summed E-state index contributed by atoms with van der Waals surface area (Å²) in [6, 6.07) is 3.60. The molecule has 1 aromatic rings. The molecule has 0 fully saturated rings. The number of halogens is 1. The Hall–Kier alpha value is -1.43. The van der Waals surface area contributed by atoms with E-state index in [0.29, 0.717) is 5.56 Å². The predicted octanol–water partition coefficient (Wildman–Crippen LogP) is 1.60. The zero-order chi connectivity index (χ0) is 8.27. The second-order valence-electron chi connectivity index (χ2n) is 2.29. The van der Waals surface area contributed by atoms with E-state index in [1.165, 1.54) is 6.20 Å². The fourth-order valence-corrected chi connectivity index (χ4v) is 0.804. The van der Waals surface area contributed by atoms with Gasteiger partial charge in [-0.05, 0) is 18.6 Å². The molecule has 0 unspecified atom stereocenters. The van der Waals surface area contributed by atoms with E-state index < -0.39 is 5.95 Å². The Morgan fingerprint density at radius 1 is 1.73 bits per heavy atom. The van der Waals surface area contributed by atoms with Gasteiger partial charge in [-0.25, -0.2) is 4.98 Å². The van der Waals surface area contributed by atoms with Crippen molar-refractivity contribution in [1.82, 2.24) is 4.98 Å². The summed E-state index contributed by atoms with van der Waals surface area (Å²) in [5, 5.41) is 8.31. The molecule has 1 aromatic heterocycles. The molecule has 56 valence electrons. The summed E-state index contributed by atoms with van der Waals surface area (Å²) in [7, 11) is 0. The van der Waals surface area contributed by atoms with Gasteiger partial charge in [0.2, 0.25) is 5.95 Å². The minimum atomic E-state index is -0.466. The van der Waals surface area contributed by atoms with Gasteiger partial charge in [0.15, 0.2) is 0 Å². The van der Waals surface area contributed by atoms with Crippen LogP contribution < -0.4 is 0 Å². The van der Waals surface area contributed by atoms with Crippen LogP contribution in [0.2, 0.25) is 0 Å². The highest BCUT2D eigenvalue weighted by molar-refractivity contribution is 5.20. The van der Waals surface area contributed by atoms with E-state index in [0.717, 1.165) is 5.56 Å². The van der Waals surface area contributed by atoms with E-state index in [4.69, 9.17) is 5.26 Å². The molecule has 0 N–H and O–H groups in total. The summed E-state index contributed by atoms with van der Waals surface area (Å²) in [6.07, 6.45) is 1.67. The van der Waals surface area contributed by atoms with E-state index in [1.54, 1.807) is 13.0 Å². The van der Waals surface area contributed by atoms with Crippen molar-refractivity contribution >= 4 is 0 Å². The fourth-order valence-electron chi connectivity index (χ4n) is 0.804. The number of nitriles is 1. The first kappa shape index (κ1) is 7.67. The van der Waals surface area contributed by atoms with Gasteiger partial charge in [0, 0.05) is 11.8 Å². The molecule has 11 heavy (non-hydrogen) atoms. The van der Waals surface area contributed by atoms with Crippen LogP contribution in [-0.2, 0) is 6.42 Å². The van der Waals surface area contributed by atoms with Crippen molar-refractivity contribution in [2.75, 3.05) is 0 Å². The van der Waals surface area contributed by atoms with Gasteiger partial charge >= 0.3 is 0 Å². The maximum Gasteiger partial charge on any atom is 0.215 e. The van der Waals surface area contributed by atoms with Crippen molar-refractivity contribution in [3.63, 3.8) is 0 Å². The summed E-state index contributed by atoms with van der Waals surface area (Å²) in [4.78, 5) is 3.48. The zero-order valence-corrected chi connectivity index (χ0v) is 6.13. The van der Waals surface area contributed by atoms with Crippen molar-refractivity contribution in [2.45, 2.75) is 13.3 Å². The molecular formula is C8H7FN2. The summed E-state index contributed by atoms with van der Waals surface area (Å²) >= 11 is 0. The highest BCUT2D eigenvalue weighted by atomic mass is 19.1. The molecular weight excluding hydrogens is 143 g/mol. The summed E-state index contributed by atoms with van der Waals surface area (Å²) in [6.45, 7) is 1.63. The van der Waals surface area contributed by atoms with E-state index in [-0.39, 0.29) is 6.42 Å². The van der Waals surface area contributed by atoms with Crippen LogP contribution in [0.25, 0.3) is 0 Å². The third-order valence-electron chi connectivity index (χ3n) is 1.35. The van der Waals surface area contributed by atoms with Crippen LogP contribution in [0.1, 0.15) is 11.1 Å². The van der Waals surface area contributed by atoms with E-state index in [2.05, 4.69) is 4.98 Å². The van der Waals surface area contributed by atoms with Crippen molar-refractivity contribution in [2.24, 2.45) is 0 Å². The van der Waals surface area contributed by atoms with Gasteiger partial charge < -0.3 is 0 Å². The fraction of sp³-hybridized carbons (Fsp3) is 0.250. The first-order valence-electron chi connectivity index (χ1n) is 3.22. The lowest BCUT2D eigenvalue weighted by Crippen LogP contribution is -1.91. The van der Waals surface area contributed by atoms with Gasteiger partial charge in [0.1, 0.15) is 0 Å². The third-order valence-corrected chi connectivity index (χ3v) is 1.35.